The Morgan fingerprint density at radius 1 is 1.08 bits per heavy atom. The Kier molecular flexibility index (Phi) is 5.76. The topological polar surface area (TPSA) is 37.1 Å². The Hall–Kier alpha value is -2.56. The van der Waals surface area contributed by atoms with Gasteiger partial charge in [-0.3, -0.25) is 4.99 Å². The molecule has 0 radical (unpaired) electrons. The number of nitrogens with zero attached hydrogens (tertiary/aromatic N) is 3. The van der Waals surface area contributed by atoms with Crippen molar-refractivity contribution < 1.29 is 0 Å². The molecule has 3 rings (SSSR count). The Morgan fingerprint density at radius 3 is 2.50 bits per heavy atom. The minimum Gasteiger partial charge on any atom is -0.270 e. The number of hydrogen-bond donors (Lipinski definition) is 0. The lowest BCUT2D eigenvalue weighted by atomic mass is 10.0. The molecule has 0 saturated heterocycles. The quantitative estimate of drug-likeness (QED) is 0.398. The number of aryl methyl sites for hydroxylation is 1. The minimum atomic E-state index is 0.519. The fourth-order valence-electron chi connectivity index (χ4n) is 2.85. The molecule has 0 aliphatic carbocycles. The van der Waals surface area contributed by atoms with Crippen molar-refractivity contribution in [2.45, 2.75) is 6.92 Å². The van der Waals surface area contributed by atoms with E-state index in [9.17, 15) is 0 Å². The van der Waals surface area contributed by atoms with Gasteiger partial charge < -0.3 is 0 Å². The van der Waals surface area contributed by atoms with E-state index in [0.717, 1.165) is 22.1 Å². The molecule has 5 heteroatoms. The molecule has 0 unspecified atom stereocenters. The highest BCUT2D eigenvalue weighted by Gasteiger charge is 2.15. The van der Waals surface area contributed by atoms with Gasteiger partial charge in [-0.1, -0.05) is 66.7 Å². The van der Waals surface area contributed by atoms with Crippen LogP contribution in [0.2, 0.25) is 0 Å². The maximum atomic E-state index is 5.74. The van der Waals surface area contributed by atoms with Gasteiger partial charge in [-0.15, -0.1) is 11.3 Å². The van der Waals surface area contributed by atoms with Crippen LogP contribution in [0.4, 0.5) is 0 Å². The molecular formula is C21H18ClN3S. The van der Waals surface area contributed by atoms with Crippen molar-refractivity contribution >= 4 is 56.4 Å². The van der Waals surface area contributed by atoms with Crippen molar-refractivity contribution in [3.05, 3.63) is 76.7 Å². The Balaban J connectivity index is 2.21. The predicted octanol–water partition coefficient (Wildman–Crippen LogP) is 5.94. The molecular weight excluding hydrogens is 362 g/mol. The molecule has 26 heavy (non-hydrogen) atoms. The summed E-state index contributed by atoms with van der Waals surface area (Å²) in [4.78, 5) is 14.6. The van der Waals surface area contributed by atoms with Crippen molar-refractivity contribution in [3.63, 3.8) is 0 Å². The third-order valence-corrected chi connectivity index (χ3v) is 5.19. The molecule has 2 aromatic carbocycles. The van der Waals surface area contributed by atoms with Crippen LogP contribution in [0.3, 0.4) is 0 Å². The molecule has 0 aliphatic rings. The van der Waals surface area contributed by atoms with Gasteiger partial charge in [0.2, 0.25) is 0 Å². The molecule has 0 atom stereocenters. The molecule has 130 valence electrons. The summed E-state index contributed by atoms with van der Waals surface area (Å²) in [7, 11) is 1.73. The molecule has 0 amide bonds. The SMILES string of the molecule is C=Cc1c(C)sc2cccc(C(/N=C(\N=C\Cl)c3ccccc3)=N/C)c12. The average molecular weight is 380 g/mol. The number of aliphatic imine (C=N–C) groups is 3. The van der Waals surface area contributed by atoms with Crippen LogP contribution in [0.1, 0.15) is 21.6 Å². The fraction of sp³-hybridized carbons (Fsp3) is 0.0952. The van der Waals surface area contributed by atoms with Crippen LogP contribution in [0.25, 0.3) is 16.2 Å². The van der Waals surface area contributed by atoms with Crippen molar-refractivity contribution in [3.8, 4) is 0 Å². The van der Waals surface area contributed by atoms with E-state index in [1.807, 2.05) is 48.5 Å². The van der Waals surface area contributed by atoms with Gasteiger partial charge in [-0.2, -0.15) is 0 Å². The highest BCUT2D eigenvalue weighted by atomic mass is 35.5. The molecule has 0 fully saturated rings. The fourth-order valence-corrected chi connectivity index (χ4v) is 4.04. The first-order valence-corrected chi connectivity index (χ1v) is 9.33. The van der Waals surface area contributed by atoms with E-state index in [4.69, 9.17) is 16.6 Å². The number of amidine groups is 2. The lowest BCUT2D eigenvalue weighted by molar-refractivity contribution is 1.38. The van der Waals surface area contributed by atoms with Crippen molar-refractivity contribution in [1.82, 2.24) is 0 Å². The predicted molar refractivity (Wildman–Crippen MR) is 116 cm³/mol. The molecule has 0 spiro atoms. The van der Waals surface area contributed by atoms with Crippen molar-refractivity contribution in [2.24, 2.45) is 15.0 Å². The second-order valence-electron chi connectivity index (χ2n) is 5.53. The van der Waals surface area contributed by atoms with Crippen molar-refractivity contribution in [2.75, 3.05) is 7.05 Å². The zero-order chi connectivity index (χ0) is 18.5. The summed E-state index contributed by atoms with van der Waals surface area (Å²) in [6, 6.07) is 15.9. The second kappa shape index (κ2) is 8.21. The van der Waals surface area contributed by atoms with Gasteiger partial charge in [-0.25, -0.2) is 9.98 Å². The van der Waals surface area contributed by atoms with Crippen LogP contribution in [-0.2, 0) is 0 Å². The van der Waals surface area contributed by atoms with Crippen LogP contribution in [-0.4, -0.2) is 24.4 Å². The zero-order valence-electron chi connectivity index (χ0n) is 14.6. The van der Waals surface area contributed by atoms with Gasteiger partial charge >= 0.3 is 0 Å². The van der Waals surface area contributed by atoms with Crippen LogP contribution in [0.15, 0.2) is 70.1 Å². The Bertz CT molecular complexity index is 1030. The van der Waals surface area contributed by atoms with Gasteiger partial charge in [0.1, 0.15) is 0 Å². The number of benzene rings is 2. The molecule has 3 nitrogen and oxygen atoms in total. The van der Waals surface area contributed by atoms with Gasteiger partial charge in [0.15, 0.2) is 11.7 Å². The Morgan fingerprint density at radius 2 is 1.85 bits per heavy atom. The van der Waals surface area contributed by atoms with E-state index in [1.165, 1.54) is 15.3 Å². The van der Waals surface area contributed by atoms with Crippen LogP contribution < -0.4 is 0 Å². The molecule has 0 aliphatic heterocycles. The summed E-state index contributed by atoms with van der Waals surface area (Å²) in [6.45, 7) is 6.07. The average Bonchev–Trinajstić information content (AvgIpc) is 3.01. The number of hydrogen-bond acceptors (Lipinski definition) is 2. The maximum absolute atomic E-state index is 5.74. The van der Waals surface area contributed by atoms with E-state index in [-0.39, 0.29) is 0 Å². The molecule has 0 bridgehead atoms. The zero-order valence-corrected chi connectivity index (χ0v) is 16.2. The lowest BCUT2D eigenvalue weighted by Crippen LogP contribution is -2.05. The van der Waals surface area contributed by atoms with Crippen LogP contribution in [0.5, 0.6) is 0 Å². The van der Waals surface area contributed by atoms with Gasteiger partial charge in [0.05, 0.1) is 5.67 Å². The van der Waals surface area contributed by atoms with Crippen LogP contribution >= 0.6 is 22.9 Å². The van der Waals surface area contributed by atoms with E-state index >= 15 is 0 Å². The van der Waals surface area contributed by atoms with E-state index in [1.54, 1.807) is 18.4 Å². The first-order chi connectivity index (χ1) is 12.7. The summed E-state index contributed by atoms with van der Waals surface area (Å²) in [6.07, 6.45) is 1.89. The van der Waals surface area contributed by atoms with E-state index in [0.29, 0.717) is 11.7 Å². The van der Waals surface area contributed by atoms with E-state index < -0.39 is 0 Å². The van der Waals surface area contributed by atoms with Gasteiger partial charge in [0.25, 0.3) is 0 Å². The lowest BCUT2D eigenvalue weighted by Gasteiger charge is -2.07. The standard InChI is InChI=1S/C21H18ClN3S/c1-4-16-14(2)26-18-12-8-11-17(19(16)18)21(23-3)25-20(24-13-22)15-9-6-5-7-10-15/h4-13H,1H2,2-3H3/b23-21-,24-13+,25-20-. The summed E-state index contributed by atoms with van der Waals surface area (Å²) in [5.41, 5.74) is 4.19. The Labute approximate surface area is 162 Å². The smallest absolute Gasteiger partial charge is 0.162 e. The van der Waals surface area contributed by atoms with Gasteiger partial charge in [-0.05, 0) is 18.6 Å². The minimum absolute atomic E-state index is 0.519. The van der Waals surface area contributed by atoms with E-state index in [2.05, 4.69) is 29.6 Å². The third kappa shape index (κ3) is 3.52. The molecule has 1 aromatic heterocycles. The highest BCUT2D eigenvalue weighted by Crippen LogP contribution is 2.34. The van der Waals surface area contributed by atoms with Gasteiger partial charge in [0, 0.05) is 33.1 Å². The monoisotopic (exact) mass is 379 g/mol. The molecule has 3 aromatic rings. The summed E-state index contributed by atoms with van der Waals surface area (Å²) < 4.78 is 1.19. The normalized spacial score (nSPS) is 12.9. The second-order valence-corrected chi connectivity index (χ2v) is 6.98. The largest absolute Gasteiger partial charge is 0.270 e. The highest BCUT2D eigenvalue weighted by molar-refractivity contribution is 7.19. The van der Waals surface area contributed by atoms with Crippen molar-refractivity contribution in [1.29, 1.82) is 0 Å². The molecule has 0 N–H and O–H groups in total. The third-order valence-electron chi connectivity index (χ3n) is 4.01. The number of rotatable bonds is 3. The summed E-state index contributed by atoms with van der Waals surface area (Å²) in [5.74, 6) is 1.13. The number of halogens is 1. The maximum Gasteiger partial charge on any atom is 0.162 e. The summed E-state index contributed by atoms with van der Waals surface area (Å²) >= 11 is 7.49. The molecule has 0 saturated carbocycles. The molecule has 1 heterocycles. The first-order valence-electron chi connectivity index (χ1n) is 8.08. The number of thiophene rings is 1. The van der Waals surface area contributed by atoms with Crippen LogP contribution in [0, 0.1) is 6.92 Å². The summed E-state index contributed by atoms with van der Waals surface area (Å²) in [5, 5.41) is 1.12. The first kappa shape index (κ1) is 18.2. The number of fused-ring (bicyclic) bond motifs is 1.